The van der Waals surface area contributed by atoms with Crippen LogP contribution in [0.25, 0.3) is 0 Å². The van der Waals surface area contributed by atoms with Gasteiger partial charge in [0.2, 0.25) is 34.6 Å². The number of methoxy groups -OCH3 is 4. The molecule has 0 unspecified atom stereocenters. The van der Waals surface area contributed by atoms with E-state index in [1.54, 1.807) is 13.8 Å². The van der Waals surface area contributed by atoms with E-state index in [1.807, 2.05) is 0 Å². The molecule has 0 bridgehead atoms. The number of ether oxygens (including phenoxy) is 4. The van der Waals surface area contributed by atoms with Crippen LogP contribution in [0, 0.1) is 6.92 Å². The molecule has 0 aromatic heterocycles. The number of phenols is 2. The molecule has 56 heavy (non-hydrogen) atoms. The van der Waals surface area contributed by atoms with E-state index in [2.05, 4.69) is 0 Å². The molecule has 0 amide bonds. The number of hydrogen-bond donors (Lipinski definition) is 2. The molecule has 2 rings (SSSR count). The van der Waals surface area contributed by atoms with E-state index >= 15 is 0 Å². The summed E-state index contributed by atoms with van der Waals surface area (Å²) >= 11 is 0. The van der Waals surface area contributed by atoms with Crippen molar-refractivity contribution in [2.45, 2.75) is 129 Å². The van der Waals surface area contributed by atoms with Crippen molar-refractivity contribution >= 4 is 31.8 Å². The van der Waals surface area contributed by atoms with E-state index in [4.69, 9.17) is 27.3 Å². The Morgan fingerprint density at radius 3 is 1.23 bits per heavy atom. The van der Waals surface area contributed by atoms with Crippen molar-refractivity contribution in [3.05, 3.63) is 33.8 Å². The maximum atomic E-state index is 12.5. The van der Waals surface area contributed by atoms with Crippen molar-refractivity contribution in [1.82, 2.24) is 0 Å². The van der Waals surface area contributed by atoms with Crippen LogP contribution in [-0.4, -0.2) is 92.8 Å². The molecule has 14 nitrogen and oxygen atoms in total. The molecule has 16 heteroatoms. The highest BCUT2D eigenvalue weighted by Gasteiger charge is 2.34. The lowest BCUT2D eigenvalue weighted by atomic mass is 9.89. The van der Waals surface area contributed by atoms with Crippen LogP contribution in [0.1, 0.15) is 127 Å². The minimum Gasteiger partial charge on any atom is -0.504 e. The molecule has 0 heterocycles. The Labute approximate surface area is 335 Å². The van der Waals surface area contributed by atoms with Crippen molar-refractivity contribution in [2.24, 2.45) is 0 Å². The monoisotopic (exact) mass is 834 g/mol. The Balaban J connectivity index is 0.000000560. The number of benzene rings is 1. The minimum atomic E-state index is -3.33. The zero-order valence-corrected chi connectivity index (χ0v) is 36.4. The third-order valence-electron chi connectivity index (χ3n) is 9.47. The molecule has 0 atom stereocenters. The van der Waals surface area contributed by atoms with E-state index in [0.717, 1.165) is 115 Å². The molecule has 1 aliphatic carbocycles. The van der Waals surface area contributed by atoms with Crippen LogP contribution in [0.2, 0.25) is 0 Å². The number of phenolic OH excluding ortho intramolecular Hbond substituents is 2. The Bertz CT molecular complexity index is 1680. The van der Waals surface area contributed by atoms with Gasteiger partial charge in [0.25, 0.3) is 20.2 Å². The van der Waals surface area contributed by atoms with Gasteiger partial charge in [-0.05, 0) is 52.4 Å². The molecule has 1 aromatic carbocycles. The first-order chi connectivity index (χ1) is 26.4. The summed E-state index contributed by atoms with van der Waals surface area (Å²) in [5, 5.41) is 20.7. The highest BCUT2D eigenvalue weighted by atomic mass is 32.2. The first-order valence-corrected chi connectivity index (χ1v) is 23.0. The average molecular weight is 835 g/mol. The summed E-state index contributed by atoms with van der Waals surface area (Å²) in [6, 6.07) is 0. The van der Waals surface area contributed by atoms with Crippen LogP contribution in [0.15, 0.2) is 22.7 Å². The van der Waals surface area contributed by atoms with E-state index in [9.17, 15) is 36.6 Å². The normalized spacial score (nSPS) is 13.5. The fourth-order valence-electron chi connectivity index (χ4n) is 6.37. The number of allylic oxidation sites excluding steroid dienone is 2. The SMILES string of the molecule is COC1=C(OC)C(=O)C(CCCCCCCCCCOS(C)(=O)=O)=C(C)C1=O.COc1c(O)c(C)c(CCCCCCCCCCOS(C)(=O)=O)c(O)c1OC. The van der Waals surface area contributed by atoms with Crippen LogP contribution in [-0.2, 0) is 54.1 Å². The number of hydrogen-bond acceptors (Lipinski definition) is 14. The van der Waals surface area contributed by atoms with Gasteiger partial charge in [0.05, 0.1) is 54.2 Å². The molecule has 0 saturated carbocycles. The maximum absolute atomic E-state index is 12.5. The summed E-state index contributed by atoms with van der Waals surface area (Å²) in [6.07, 6.45) is 19.2. The van der Waals surface area contributed by atoms with Gasteiger partial charge >= 0.3 is 0 Å². The Hall–Kier alpha value is -3.34. The van der Waals surface area contributed by atoms with E-state index in [1.165, 1.54) is 28.4 Å². The van der Waals surface area contributed by atoms with E-state index in [-0.39, 0.29) is 59.3 Å². The molecule has 0 saturated heterocycles. The van der Waals surface area contributed by atoms with Crippen LogP contribution in [0.5, 0.6) is 23.0 Å². The molecule has 0 aliphatic heterocycles. The van der Waals surface area contributed by atoms with Crippen LogP contribution in [0.4, 0.5) is 0 Å². The zero-order chi connectivity index (χ0) is 42.3. The van der Waals surface area contributed by atoms with Gasteiger partial charge in [-0.25, -0.2) is 0 Å². The van der Waals surface area contributed by atoms with Gasteiger partial charge in [0, 0.05) is 22.3 Å². The third-order valence-corrected chi connectivity index (χ3v) is 10.7. The first kappa shape index (κ1) is 50.7. The van der Waals surface area contributed by atoms with Gasteiger partial charge in [-0.1, -0.05) is 77.0 Å². The van der Waals surface area contributed by atoms with E-state index < -0.39 is 20.2 Å². The van der Waals surface area contributed by atoms with Gasteiger partial charge in [-0.15, -0.1) is 0 Å². The Morgan fingerprint density at radius 2 is 0.839 bits per heavy atom. The second kappa shape index (κ2) is 26.6. The van der Waals surface area contributed by atoms with Gasteiger partial charge in [-0.3, -0.25) is 18.0 Å². The summed E-state index contributed by atoms with van der Waals surface area (Å²) in [5.74, 6) is -0.202. The van der Waals surface area contributed by atoms with Crippen LogP contribution < -0.4 is 9.47 Å². The molecule has 0 fully saturated rings. The minimum absolute atomic E-state index is 0.00648. The number of unbranched alkanes of at least 4 members (excludes halogenated alkanes) is 14. The van der Waals surface area contributed by atoms with Crippen molar-refractivity contribution in [3.63, 3.8) is 0 Å². The van der Waals surface area contributed by atoms with Crippen molar-refractivity contribution < 1.29 is 64.0 Å². The highest BCUT2D eigenvalue weighted by molar-refractivity contribution is 7.86. The van der Waals surface area contributed by atoms with Gasteiger partial charge < -0.3 is 29.2 Å². The van der Waals surface area contributed by atoms with Gasteiger partial charge in [0.15, 0.2) is 11.5 Å². The number of Topliss-reactive ketones (excluding diaryl/α,β-unsaturated/α-hetero) is 2. The standard InChI is InChI=1S/C20H34O7S.C20H32O7S/c2*1-15-16(18(22)20(26-3)19(25-2)17(15)21)13-11-9-7-5-6-8-10-12-14-27-28(4,23)24/h21-22H,5-14H2,1-4H3;5-14H2,1-4H3. The topological polar surface area (TPSA) is 198 Å². The van der Waals surface area contributed by atoms with E-state index in [0.29, 0.717) is 35.1 Å². The number of carbonyl (C=O) groups is 2. The second-order valence-corrected chi connectivity index (χ2v) is 17.2. The third kappa shape index (κ3) is 18.3. The lowest BCUT2D eigenvalue weighted by Crippen LogP contribution is -2.25. The summed E-state index contributed by atoms with van der Waals surface area (Å²) in [4.78, 5) is 24.8. The number of aromatic hydroxyl groups is 2. The smallest absolute Gasteiger partial charge is 0.264 e. The zero-order valence-electron chi connectivity index (χ0n) is 34.8. The summed E-state index contributed by atoms with van der Waals surface area (Å²) in [5.41, 5.74) is 2.28. The lowest BCUT2D eigenvalue weighted by molar-refractivity contribution is -0.121. The Kier molecular flexibility index (Phi) is 24.0. The lowest BCUT2D eigenvalue weighted by Gasteiger charge is -2.20. The maximum Gasteiger partial charge on any atom is 0.264 e. The largest absolute Gasteiger partial charge is 0.504 e. The number of ketones is 2. The molecule has 1 aromatic rings. The fraction of sp³-hybridized carbons (Fsp3) is 0.700. The fourth-order valence-corrected chi connectivity index (χ4v) is 7.21. The molecule has 2 N–H and O–H groups in total. The van der Waals surface area contributed by atoms with Crippen LogP contribution in [0.3, 0.4) is 0 Å². The summed E-state index contributed by atoms with van der Waals surface area (Å²) in [7, 11) is -1.07. The highest BCUT2D eigenvalue weighted by Crippen LogP contribution is 2.48. The molecule has 1 aliphatic rings. The number of carbonyl (C=O) groups excluding carboxylic acids is 2. The summed E-state index contributed by atoms with van der Waals surface area (Å²) in [6.45, 7) is 3.94. The van der Waals surface area contributed by atoms with Crippen LogP contribution >= 0.6 is 0 Å². The second-order valence-electron chi connectivity index (χ2n) is 13.9. The van der Waals surface area contributed by atoms with Crippen molar-refractivity contribution in [2.75, 3.05) is 54.2 Å². The molecule has 0 spiro atoms. The predicted molar refractivity (Wildman–Crippen MR) is 215 cm³/mol. The van der Waals surface area contributed by atoms with Gasteiger partial charge in [-0.2, -0.15) is 16.8 Å². The molecular weight excluding hydrogens is 769 g/mol. The molecular formula is C40H66O14S2. The van der Waals surface area contributed by atoms with Crippen molar-refractivity contribution in [3.8, 4) is 23.0 Å². The van der Waals surface area contributed by atoms with Crippen molar-refractivity contribution in [1.29, 1.82) is 0 Å². The summed E-state index contributed by atoms with van der Waals surface area (Å²) < 4.78 is 73.2. The Morgan fingerprint density at radius 1 is 0.482 bits per heavy atom. The number of rotatable bonds is 28. The predicted octanol–water partition coefficient (Wildman–Crippen LogP) is 7.51. The first-order valence-electron chi connectivity index (χ1n) is 19.4. The molecule has 322 valence electrons. The average Bonchev–Trinajstić information content (AvgIpc) is 3.13. The van der Waals surface area contributed by atoms with Gasteiger partial charge in [0.1, 0.15) is 0 Å². The molecule has 0 radical (unpaired) electrons. The quantitative estimate of drug-likeness (QED) is 0.0364.